The van der Waals surface area contributed by atoms with Crippen LogP contribution in [0.4, 0.5) is 0 Å². The van der Waals surface area contributed by atoms with Gasteiger partial charge in [-0.3, -0.25) is 9.59 Å². The first kappa shape index (κ1) is 14.6. The van der Waals surface area contributed by atoms with Crippen LogP contribution in [0.5, 0.6) is 23.0 Å². The number of fused-ring (bicyclic) bond motifs is 2. The molecule has 0 saturated carbocycles. The molecule has 0 bridgehead atoms. The molecular formula is C18H14O6. The van der Waals surface area contributed by atoms with E-state index in [9.17, 15) is 14.7 Å². The summed E-state index contributed by atoms with van der Waals surface area (Å²) in [4.78, 5) is 23.7. The van der Waals surface area contributed by atoms with E-state index in [-0.39, 0.29) is 42.0 Å². The number of carbonyl (C=O) groups excluding carboxylic acids is 2. The second-order valence-corrected chi connectivity index (χ2v) is 5.77. The molecule has 2 aliphatic heterocycles. The van der Waals surface area contributed by atoms with Gasteiger partial charge in [-0.1, -0.05) is 6.07 Å². The van der Waals surface area contributed by atoms with E-state index in [0.29, 0.717) is 17.1 Å². The molecule has 6 nitrogen and oxygen atoms in total. The van der Waals surface area contributed by atoms with Gasteiger partial charge in [-0.25, -0.2) is 0 Å². The summed E-state index contributed by atoms with van der Waals surface area (Å²) in [6.07, 6.45) is 0.0710. The fourth-order valence-electron chi connectivity index (χ4n) is 3.15. The lowest BCUT2D eigenvalue weighted by Gasteiger charge is -2.26. The average molecular weight is 326 g/mol. The largest absolute Gasteiger partial charge is 0.507 e. The molecule has 0 spiro atoms. The molecule has 0 fully saturated rings. The molecule has 1 atom stereocenters. The highest BCUT2D eigenvalue weighted by Crippen LogP contribution is 2.47. The quantitative estimate of drug-likeness (QED) is 0.519. The summed E-state index contributed by atoms with van der Waals surface area (Å²) in [6.45, 7) is 1.54. The van der Waals surface area contributed by atoms with Crippen molar-refractivity contribution in [2.75, 3.05) is 6.79 Å². The van der Waals surface area contributed by atoms with Crippen molar-refractivity contribution in [1.29, 1.82) is 0 Å². The highest BCUT2D eigenvalue weighted by molar-refractivity contribution is 5.98. The molecule has 122 valence electrons. The molecule has 0 aliphatic carbocycles. The maximum absolute atomic E-state index is 11.9. The van der Waals surface area contributed by atoms with E-state index in [1.54, 1.807) is 18.2 Å². The molecule has 4 rings (SSSR count). The minimum absolute atomic E-state index is 0.0710. The Morgan fingerprint density at radius 1 is 1.12 bits per heavy atom. The smallest absolute Gasteiger partial charge is 0.312 e. The van der Waals surface area contributed by atoms with E-state index >= 15 is 0 Å². The lowest BCUT2D eigenvalue weighted by atomic mass is 9.84. The Kier molecular flexibility index (Phi) is 3.19. The fourth-order valence-corrected chi connectivity index (χ4v) is 3.15. The number of rotatable bonds is 2. The molecule has 0 amide bonds. The molecule has 1 unspecified atom stereocenters. The number of hydrogen-bond donors (Lipinski definition) is 1. The van der Waals surface area contributed by atoms with Crippen molar-refractivity contribution in [3.63, 3.8) is 0 Å². The first-order chi connectivity index (χ1) is 11.5. The molecular weight excluding hydrogens is 312 g/mol. The predicted octanol–water partition coefficient (Wildman–Crippen LogP) is 2.76. The summed E-state index contributed by atoms with van der Waals surface area (Å²) >= 11 is 0. The van der Waals surface area contributed by atoms with Crippen LogP contribution in [-0.4, -0.2) is 23.7 Å². The third-order valence-electron chi connectivity index (χ3n) is 4.30. The summed E-state index contributed by atoms with van der Waals surface area (Å²) in [5.41, 5.74) is 1.44. The molecule has 2 aromatic carbocycles. The van der Waals surface area contributed by atoms with Gasteiger partial charge in [-0.2, -0.15) is 0 Å². The Labute approximate surface area is 137 Å². The van der Waals surface area contributed by atoms with Crippen molar-refractivity contribution in [3.05, 3.63) is 47.0 Å². The van der Waals surface area contributed by atoms with Crippen LogP contribution in [0.3, 0.4) is 0 Å². The average Bonchev–Trinajstić information content (AvgIpc) is 3.01. The number of ether oxygens (including phenoxy) is 3. The normalized spacial score (nSPS) is 18.0. The van der Waals surface area contributed by atoms with E-state index in [1.165, 1.54) is 13.0 Å². The number of Topliss-reactive ketones (excluding diaryl/α,β-unsaturated/α-hetero) is 1. The van der Waals surface area contributed by atoms with Gasteiger partial charge in [0.25, 0.3) is 0 Å². The molecule has 24 heavy (non-hydrogen) atoms. The summed E-state index contributed by atoms with van der Waals surface area (Å²) in [5, 5.41) is 10.5. The van der Waals surface area contributed by atoms with Gasteiger partial charge in [-0.05, 0) is 36.8 Å². The Morgan fingerprint density at radius 2 is 1.88 bits per heavy atom. The third-order valence-corrected chi connectivity index (χ3v) is 4.30. The van der Waals surface area contributed by atoms with Crippen LogP contribution < -0.4 is 14.2 Å². The second kappa shape index (κ2) is 5.26. The standard InChI is InChI=1S/C18H14O6/c1-9(19)11-3-5-14-17(18(11)21)12(7-16(20)24-14)10-2-4-13-15(6-10)23-8-22-13/h2-6,12,21H,7-8H2,1H3. The van der Waals surface area contributed by atoms with E-state index < -0.39 is 5.92 Å². The summed E-state index contributed by atoms with van der Waals surface area (Å²) in [6, 6.07) is 8.38. The van der Waals surface area contributed by atoms with Crippen molar-refractivity contribution in [3.8, 4) is 23.0 Å². The number of benzene rings is 2. The molecule has 2 heterocycles. The number of hydrogen-bond acceptors (Lipinski definition) is 6. The van der Waals surface area contributed by atoms with Crippen molar-refractivity contribution in [2.45, 2.75) is 19.3 Å². The summed E-state index contributed by atoms with van der Waals surface area (Å²) in [7, 11) is 0. The van der Waals surface area contributed by atoms with E-state index in [1.807, 2.05) is 6.07 Å². The molecule has 0 radical (unpaired) electrons. The van der Waals surface area contributed by atoms with Gasteiger partial charge >= 0.3 is 5.97 Å². The second-order valence-electron chi connectivity index (χ2n) is 5.77. The Morgan fingerprint density at radius 3 is 2.67 bits per heavy atom. The minimum atomic E-state index is -0.421. The van der Waals surface area contributed by atoms with Crippen LogP contribution >= 0.6 is 0 Å². The number of esters is 1. The first-order valence-electron chi connectivity index (χ1n) is 7.51. The molecule has 1 N–H and O–H groups in total. The number of carbonyl (C=O) groups is 2. The molecule has 2 aromatic rings. The van der Waals surface area contributed by atoms with Gasteiger partial charge in [-0.15, -0.1) is 0 Å². The fraction of sp³-hybridized carbons (Fsp3) is 0.222. The van der Waals surface area contributed by atoms with Crippen molar-refractivity contribution in [2.24, 2.45) is 0 Å². The molecule has 0 saturated heterocycles. The van der Waals surface area contributed by atoms with E-state index in [0.717, 1.165) is 5.56 Å². The lowest BCUT2D eigenvalue weighted by molar-refractivity contribution is -0.135. The first-order valence-corrected chi connectivity index (χ1v) is 7.51. The van der Waals surface area contributed by atoms with Crippen molar-refractivity contribution < 1.29 is 28.9 Å². The van der Waals surface area contributed by atoms with Gasteiger partial charge in [0.15, 0.2) is 17.3 Å². The zero-order valence-corrected chi connectivity index (χ0v) is 12.9. The lowest BCUT2D eigenvalue weighted by Crippen LogP contribution is -2.21. The van der Waals surface area contributed by atoms with Crippen LogP contribution in [0, 0.1) is 0 Å². The number of aromatic hydroxyl groups is 1. The maximum Gasteiger partial charge on any atom is 0.312 e. The Bertz CT molecular complexity index is 870. The van der Waals surface area contributed by atoms with Gasteiger partial charge in [0.05, 0.1) is 12.0 Å². The van der Waals surface area contributed by atoms with Gasteiger partial charge < -0.3 is 19.3 Å². The van der Waals surface area contributed by atoms with Crippen LogP contribution in [0.15, 0.2) is 30.3 Å². The van der Waals surface area contributed by atoms with Crippen LogP contribution in [0.2, 0.25) is 0 Å². The highest BCUT2D eigenvalue weighted by Gasteiger charge is 2.33. The van der Waals surface area contributed by atoms with E-state index in [2.05, 4.69) is 0 Å². The monoisotopic (exact) mass is 326 g/mol. The SMILES string of the molecule is CC(=O)c1ccc2c(c1O)C(c1ccc3c(c1)OCO3)CC(=O)O2. The zero-order valence-electron chi connectivity index (χ0n) is 12.9. The summed E-state index contributed by atoms with van der Waals surface area (Å²) in [5.74, 6) is 0.299. The topological polar surface area (TPSA) is 82.1 Å². The molecule has 0 aromatic heterocycles. The maximum atomic E-state index is 11.9. The number of phenolic OH excluding ortho intramolecular Hbond substituents is 1. The third kappa shape index (κ3) is 2.19. The van der Waals surface area contributed by atoms with E-state index in [4.69, 9.17) is 14.2 Å². The zero-order chi connectivity index (χ0) is 16.8. The van der Waals surface area contributed by atoms with Gasteiger partial charge in [0.2, 0.25) is 6.79 Å². The molecule has 6 heteroatoms. The van der Waals surface area contributed by atoms with Crippen LogP contribution in [0.1, 0.15) is 40.7 Å². The summed E-state index contributed by atoms with van der Waals surface area (Å²) < 4.78 is 15.9. The number of phenols is 1. The Hall–Kier alpha value is -3.02. The number of ketones is 1. The minimum Gasteiger partial charge on any atom is -0.507 e. The van der Waals surface area contributed by atoms with Crippen molar-refractivity contribution in [1.82, 2.24) is 0 Å². The van der Waals surface area contributed by atoms with Crippen LogP contribution in [-0.2, 0) is 4.79 Å². The van der Waals surface area contributed by atoms with Crippen molar-refractivity contribution >= 4 is 11.8 Å². The van der Waals surface area contributed by atoms with Crippen LogP contribution in [0.25, 0.3) is 0 Å². The van der Waals surface area contributed by atoms with Gasteiger partial charge in [0, 0.05) is 11.5 Å². The Balaban J connectivity index is 1.87. The van der Waals surface area contributed by atoms with Gasteiger partial charge in [0.1, 0.15) is 11.5 Å². The predicted molar refractivity (Wildman–Crippen MR) is 82.8 cm³/mol. The molecule has 2 aliphatic rings. The highest BCUT2D eigenvalue weighted by atomic mass is 16.7.